The van der Waals surface area contributed by atoms with Crippen molar-refractivity contribution < 1.29 is 0 Å². The SMILES string of the molecule is Cc1cc2c(N)nccc2c(C)c1CNc1cc(N)c(C=NCc2ccc(CN=C/C=C\N)cc2)cn1. The van der Waals surface area contributed by atoms with Crippen molar-refractivity contribution >= 4 is 40.5 Å². The molecule has 0 bridgehead atoms. The van der Waals surface area contributed by atoms with E-state index in [0.29, 0.717) is 37.0 Å². The Labute approximate surface area is 217 Å². The Hall–Kier alpha value is -4.72. The molecule has 0 saturated heterocycles. The first-order valence-corrected chi connectivity index (χ1v) is 12.0. The molecule has 2 aromatic carbocycles. The first-order chi connectivity index (χ1) is 18.0. The Morgan fingerprint density at radius 3 is 2.35 bits per heavy atom. The minimum atomic E-state index is 0.550. The molecule has 37 heavy (non-hydrogen) atoms. The second-order valence-electron chi connectivity index (χ2n) is 8.80. The van der Waals surface area contributed by atoms with E-state index < -0.39 is 0 Å². The van der Waals surface area contributed by atoms with Gasteiger partial charge in [-0.3, -0.25) is 9.98 Å². The molecule has 4 rings (SSSR count). The summed E-state index contributed by atoms with van der Waals surface area (Å²) in [6.45, 7) is 5.98. The van der Waals surface area contributed by atoms with E-state index in [1.165, 1.54) is 17.3 Å². The van der Waals surface area contributed by atoms with Crippen LogP contribution in [0.25, 0.3) is 10.8 Å². The molecule has 8 heteroatoms. The van der Waals surface area contributed by atoms with Crippen LogP contribution in [0.5, 0.6) is 0 Å². The van der Waals surface area contributed by atoms with E-state index in [9.17, 15) is 0 Å². The van der Waals surface area contributed by atoms with Crippen LogP contribution in [-0.2, 0) is 19.6 Å². The van der Waals surface area contributed by atoms with E-state index in [0.717, 1.165) is 33.0 Å². The number of anilines is 3. The van der Waals surface area contributed by atoms with Gasteiger partial charge in [0.15, 0.2) is 0 Å². The van der Waals surface area contributed by atoms with Gasteiger partial charge < -0.3 is 22.5 Å². The summed E-state index contributed by atoms with van der Waals surface area (Å²) in [5.74, 6) is 1.26. The number of nitrogens with zero attached hydrogens (tertiary/aromatic N) is 4. The van der Waals surface area contributed by atoms with Crippen molar-refractivity contribution in [2.24, 2.45) is 15.7 Å². The first kappa shape index (κ1) is 25.4. The summed E-state index contributed by atoms with van der Waals surface area (Å²) in [5, 5.41) is 5.48. The molecule has 0 radical (unpaired) electrons. The van der Waals surface area contributed by atoms with Crippen LogP contribution >= 0.6 is 0 Å². The van der Waals surface area contributed by atoms with Crippen molar-refractivity contribution in [2.45, 2.75) is 33.5 Å². The number of aliphatic imine (C=N–C) groups is 2. The molecule has 0 aliphatic carbocycles. The number of nitrogen functional groups attached to an aromatic ring is 2. The molecule has 2 aromatic heterocycles. The van der Waals surface area contributed by atoms with Crippen LogP contribution in [0.3, 0.4) is 0 Å². The fourth-order valence-corrected chi connectivity index (χ4v) is 4.14. The minimum absolute atomic E-state index is 0.550. The third-order valence-electron chi connectivity index (χ3n) is 6.23. The normalized spacial score (nSPS) is 11.8. The maximum Gasteiger partial charge on any atom is 0.131 e. The molecule has 0 atom stereocenters. The van der Waals surface area contributed by atoms with Crippen molar-refractivity contribution in [3.8, 4) is 0 Å². The highest BCUT2D eigenvalue weighted by Crippen LogP contribution is 2.28. The minimum Gasteiger partial charge on any atom is -0.405 e. The van der Waals surface area contributed by atoms with Gasteiger partial charge in [0.25, 0.3) is 0 Å². The number of aryl methyl sites for hydroxylation is 2. The summed E-state index contributed by atoms with van der Waals surface area (Å²) in [5.41, 5.74) is 24.8. The van der Waals surface area contributed by atoms with Gasteiger partial charge in [0.2, 0.25) is 0 Å². The van der Waals surface area contributed by atoms with Gasteiger partial charge in [0.05, 0.1) is 13.1 Å². The molecule has 0 fully saturated rings. The van der Waals surface area contributed by atoms with E-state index in [2.05, 4.69) is 69.4 Å². The zero-order chi connectivity index (χ0) is 26.2. The Balaban J connectivity index is 1.37. The maximum absolute atomic E-state index is 6.29. The quantitative estimate of drug-likeness (QED) is 0.250. The smallest absolute Gasteiger partial charge is 0.131 e. The average molecular weight is 493 g/mol. The highest BCUT2D eigenvalue weighted by Gasteiger charge is 2.10. The summed E-state index contributed by atoms with van der Waals surface area (Å²) in [4.78, 5) is 17.6. The molecule has 7 N–H and O–H groups in total. The van der Waals surface area contributed by atoms with Crippen LogP contribution in [0, 0.1) is 13.8 Å². The Kier molecular flexibility index (Phi) is 8.10. The first-order valence-electron chi connectivity index (χ1n) is 12.0. The predicted molar refractivity (Wildman–Crippen MR) is 155 cm³/mol. The lowest BCUT2D eigenvalue weighted by molar-refractivity contribution is 1.04. The zero-order valence-corrected chi connectivity index (χ0v) is 21.1. The Bertz CT molecular complexity index is 1470. The number of nitrogens with one attached hydrogen (secondary N) is 1. The number of hydrogen-bond acceptors (Lipinski definition) is 8. The topological polar surface area (TPSA) is 141 Å². The molecule has 4 aromatic rings. The van der Waals surface area contributed by atoms with E-state index in [1.54, 1.807) is 30.9 Å². The molecule has 0 aliphatic heterocycles. The molecule has 0 aliphatic rings. The van der Waals surface area contributed by atoms with Crippen molar-refractivity contribution in [3.63, 3.8) is 0 Å². The zero-order valence-electron chi connectivity index (χ0n) is 21.1. The molecular weight excluding hydrogens is 460 g/mol. The number of hydrogen-bond donors (Lipinski definition) is 4. The van der Waals surface area contributed by atoms with Crippen molar-refractivity contribution in [1.82, 2.24) is 9.97 Å². The molecule has 0 saturated carbocycles. The highest BCUT2D eigenvalue weighted by atomic mass is 15.0. The summed E-state index contributed by atoms with van der Waals surface area (Å²) in [6.07, 6.45) is 10.1. The summed E-state index contributed by atoms with van der Waals surface area (Å²) < 4.78 is 0. The lowest BCUT2D eigenvalue weighted by Gasteiger charge is -2.15. The van der Waals surface area contributed by atoms with Gasteiger partial charge in [0, 0.05) is 54.1 Å². The van der Waals surface area contributed by atoms with Gasteiger partial charge in [-0.1, -0.05) is 24.3 Å². The van der Waals surface area contributed by atoms with Gasteiger partial charge in [0.1, 0.15) is 11.6 Å². The maximum atomic E-state index is 6.29. The van der Waals surface area contributed by atoms with Gasteiger partial charge >= 0.3 is 0 Å². The third-order valence-corrected chi connectivity index (χ3v) is 6.23. The fourth-order valence-electron chi connectivity index (χ4n) is 4.14. The van der Waals surface area contributed by atoms with Crippen LogP contribution in [0.15, 0.2) is 77.1 Å². The van der Waals surface area contributed by atoms with Gasteiger partial charge in [-0.2, -0.15) is 0 Å². The second-order valence-corrected chi connectivity index (χ2v) is 8.80. The number of benzene rings is 2. The second kappa shape index (κ2) is 11.8. The number of nitrogens with two attached hydrogens (primary N) is 3. The molecule has 0 unspecified atom stereocenters. The molecule has 8 nitrogen and oxygen atoms in total. The third kappa shape index (κ3) is 6.29. The van der Waals surface area contributed by atoms with Gasteiger partial charge in [-0.05, 0) is 71.5 Å². The van der Waals surface area contributed by atoms with Crippen molar-refractivity contribution in [3.05, 3.63) is 101 Å². The van der Waals surface area contributed by atoms with Crippen molar-refractivity contribution in [2.75, 3.05) is 16.8 Å². The van der Waals surface area contributed by atoms with E-state index in [4.69, 9.17) is 17.2 Å². The van der Waals surface area contributed by atoms with Crippen molar-refractivity contribution in [1.29, 1.82) is 0 Å². The largest absolute Gasteiger partial charge is 0.405 e. The van der Waals surface area contributed by atoms with Crippen LogP contribution in [-0.4, -0.2) is 22.4 Å². The number of pyridine rings is 2. The Morgan fingerprint density at radius 2 is 1.65 bits per heavy atom. The number of aromatic nitrogens is 2. The molecule has 0 amide bonds. The average Bonchev–Trinajstić information content (AvgIpc) is 2.89. The molecule has 188 valence electrons. The van der Waals surface area contributed by atoms with Gasteiger partial charge in [-0.15, -0.1) is 0 Å². The summed E-state index contributed by atoms with van der Waals surface area (Å²) in [6, 6.07) is 14.1. The number of fused-ring (bicyclic) bond motifs is 1. The van der Waals surface area contributed by atoms with Crippen LogP contribution in [0.2, 0.25) is 0 Å². The molecule has 2 heterocycles. The van der Waals surface area contributed by atoms with Crippen LogP contribution < -0.4 is 22.5 Å². The molecular formula is C29H32N8. The lowest BCUT2D eigenvalue weighted by Crippen LogP contribution is -2.07. The summed E-state index contributed by atoms with van der Waals surface area (Å²) in [7, 11) is 0. The van der Waals surface area contributed by atoms with Crippen LogP contribution in [0.1, 0.15) is 33.4 Å². The molecule has 0 spiro atoms. The lowest BCUT2D eigenvalue weighted by atomic mass is 9.96. The number of rotatable bonds is 9. The summed E-state index contributed by atoms with van der Waals surface area (Å²) >= 11 is 0. The van der Waals surface area contributed by atoms with Crippen LogP contribution in [0.4, 0.5) is 17.3 Å². The fraction of sp³-hybridized carbons (Fsp3) is 0.172. The van der Waals surface area contributed by atoms with E-state index >= 15 is 0 Å². The highest BCUT2D eigenvalue weighted by molar-refractivity contribution is 5.94. The predicted octanol–water partition coefficient (Wildman–Crippen LogP) is 4.69. The number of allylic oxidation sites excluding steroid dienone is 1. The van der Waals surface area contributed by atoms with E-state index in [-0.39, 0.29) is 0 Å². The van der Waals surface area contributed by atoms with E-state index in [1.807, 2.05) is 12.1 Å². The van der Waals surface area contributed by atoms with Gasteiger partial charge in [-0.25, -0.2) is 9.97 Å². The Morgan fingerprint density at radius 1 is 0.919 bits per heavy atom. The standard InChI is InChI=1S/C29H32N8/c1-19-12-25-24(8-11-35-29(25)32)20(2)26(19)18-37-28-13-27(31)23(17-36-28)16-34-15-22-6-4-21(5-7-22)14-33-10-3-9-30/h3-13,16-17H,14-15,18,30H2,1-2H3,(H2,32,35)(H3,31,36,37)/b9-3-,33-10?,34-16?. The monoisotopic (exact) mass is 492 g/mol.